The standard InChI is InChI=1S/C11H11ClN4OS/c1-13-8-5-7(12)6-15-9(8)10(17)16(2)11-14-3-4-18-11/h3-6,13H,1-2H3. The monoisotopic (exact) mass is 282 g/mol. The number of pyridine rings is 1. The summed E-state index contributed by atoms with van der Waals surface area (Å²) in [6, 6.07) is 1.66. The van der Waals surface area contributed by atoms with Gasteiger partial charge in [0.15, 0.2) is 10.8 Å². The molecule has 0 saturated carbocycles. The van der Waals surface area contributed by atoms with Gasteiger partial charge in [0.25, 0.3) is 5.91 Å². The van der Waals surface area contributed by atoms with Gasteiger partial charge in [-0.3, -0.25) is 9.69 Å². The van der Waals surface area contributed by atoms with E-state index in [4.69, 9.17) is 11.6 Å². The van der Waals surface area contributed by atoms with Gasteiger partial charge >= 0.3 is 0 Å². The van der Waals surface area contributed by atoms with Crippen LogP contribution in [-0.4, -0.2) is 30.0 Å². The van der Waals surface area contributed by atoms with Crippen molar-refractivity contribution in [1.82, 2.24) is 9.97 Å². The zero-order chi connectivity index (χ0) is 13.1. The maximum Gasteiger partial charge on any atom is 0.280 e. The summed E-state index contributed by atoms with van der Waals surface area (Å²) >= 11 is 7.23. The minimum Gasteiger partial charge on any atom is -0.386 e. The summed E-state index contributed by atoms with van der Waals surface area (Å²) < 4.78 is 0. The van der Waals surface area contributed by atoms with Crippen molar-refractivity contribution in [2.75, 3.05) is 24.3 Å². The molecule has 0 bridgehead atoms. The number of hydrogen-bond acceptors (Lipinski definition) is 5. The molecule has 1 amide bonds. The average Bonchev–Trinajstić information content (AvgIpc) is 2.90. The molecule has 0 aliphatic heterocycles. The van der Waals surface area contributed by atoms with Crippen molar-refractivity contribution >= 4 is 39.7 Å². The van der Waals surface area contributed by atoms with Crippen molar-refractivity contribution in [2.45, 2.75) is 0 Å². The number of carbonyl (C=O) groups excluding carboxylic acids is 1. The van der Waals surface area contributed by atoms with Crippen LogP contribution in [-0.2, 0) is 0 Å². The van der Waals surface area contributed by atoms with E-state index in [-0.39, 0.29) is 5.91 Å². The van der Waals surface area contributed by atoms with Crippen LogP contribution in [0.5, 0.6) is 0 Å². The largest absolute Gasteiger partial charge is 0.386 e. The first-order valence-electron chi connectivity index (χ1n) is 5.14. The van der Waals surface area contributed by atoms with Crippen molar-refractivity contribution in [3.63, 3.8) is 0 Å². The molecule has 0 radical (unpaired) electrons. The zero-order valence-electron chi connectivity index (χ0n) is 9.85. The molecule has 2 rings (SSSR count). The van der Waals surface area contributed by atoms with Crippen molar-refractivity contribution in [1.29, 1.82) is 0 Å². The summed E-state index contributed by atoms with van der Waals surface area (Å²) in [7, 11) is 3.38. The molecule has 0 saturated heterocycles. The number of rotatable bonds is 3. The molecule has 1 N–H and O–H groups in total. The van der Waals surface area contributed by atoms with Crippen molar-refractivity contribution in [3.05, 3.63) is 34.6 Å². The molecule has 0 spiro atoms. The molecule has 0 aliphatic carbocycles. The molecule has 18 heavy (non-hydrogen) atoms. The Morgan fingerprint density at radius 1 is 1.50 bits per heavy atom. The number of hydrogen-bond donors (Lipinski definition) is 1. The van der Waals surface area contributed by atoms with E-state index in [2.05, 4.69) is 15.3 Å². The van der Waals surface area contributed by atoms with Gasteiger partial charge in [0.1, 0.15) is 0 Å². The molecule has 2 aromatic rings. The quantitative estimate of drug-likeness (QED) is 0.940. The van der Waals surface area contributed by atoms with Gasteiger partial charge in [-0.2, -0.15) is 0 Å². The number of halogens is 1. The highest BCUT2D eigenvalue weighted by atomic mass is 35.5. The minimum absolute atomic E-state index is 0.231. The molecule has 0 aromatic carbocycles. The van der Waals surface area contributed by atoms with E-state index < -0.39 is 0 Å². The van der Waals surface area contributed by atoms with Gasteiger partial charge in [0.2, 0.25) is 0 Å². The second-order valence-corrected chi connectivity index (χ2v) is 4.79. The van der Waals surface area contributed by atoms with Crippen LogP contribution in [0.25, 0.3) is 0 Å². The molecule has 7 heteroatoms. The molecular formula is C11H11ClN4OS. The van der Waals surface area contributed by atoms with E-state index in [9.17, 15) is 4.79 Å². The molecule has 5 nitrogen and oxygen atoms in total. The number of carbonyl (C=O) groups is 1. The minimum atomic E-state index is -0.231. The topological polar surface area (TPSA) is 58.1 Å². The van der Waals surface area contributed by atoms with Gasteiger partial charge in [-0.15, -0.1) is 11.3 Å². The van der Waals surface area contributed by atoms with Gasteiger partial charge in [-0.25, -0.2) is 9.97 Å². The summed E-state index contributed by atoms with van der Waals surface area (Å²) in [4.78, 5) is 21.9. The maximum absolute atomic E-state index is 12.3. The Balaban J connectivity index is 2.34. The van der Waals surface area contributed by atoms with Crippen molar-refractivity contribution in [2.24, 2.45) is 0 Å². The predicted octanol–water partition coefficient (Wildman–Crippen LogP) is 2.51. The second-order valence-electron chi connectivity index (χ2n) is 3.48. The van der Waals surface area contributed by atoms with Crippen molar-refractivity contribution < 1.29 is 4.79 Å². The molecule has 2 aromatic heterocycles. The zero-order valence-corrected chi connectivity index (χ0v) is 11.4. The van der Waals surface area contributed by atoms with Crippen LogP contribution < -0.4 is 10.2 Å². The van der Waals surface area contributed by atoms with Crippen LogP contribution in [0.2, 0.25) is 5.02 Å². The van der Waals surface area contributed by atoms with Gasteiger partial charge in [-0.1, -0.05) is 11.6 Å². The first kappa shape index (κ1) is 12.8. The highest BCUT2D eigenvalue weighted by Gasteiger charge is 2.20. The fourth-order valence-electron chi connectivity index (χ4n) is 1.43. The summed E-state index contributed by atoms with van der Waals surface area (Å²) in [5.41, 5.74) is 0.913. The molecule has 0 unspecified atom stereocenters. The van der Waals surface area contributed by atoms with Crippen LogP contribution in [0, 0.1) is 0 Å². The third kappa shape index (κ3) is 2.44. The first-order valence-corrected chi connectivity index (χ1v) is 6.40. The van der Waals surface area contributed by atoms with E-state index in [1.54, 1.807) is 26.4 Å². The first-order chi connectivity index (χ1) is 8.63. The van der Waals surface area contributed by atoms with Gasteiger partial charge in [0, 0.05) is 31.9 Å². The van der Waals surface area contributed by atoms with Crippen LogP contribution in [0.3, 0.4) is 0 Å². The van der Waals surface area contributed by atoms with Crippen LogP contribution in [0.4, 0.5) is 10.8 Å². The Bertz CT molecular complexity index is 558. The predicted molar refractivity (Wildman–Crippen MR) is 73.6 cm³/mol. The third-order valence-electron chi connectivity index (χ3n) is 2.34. The lowest BCUT2D eigenvalue weighted by Gasteiger charge is -2.15. The van der Waals surface area contributed by atoms with Crippen LogP contribution in [0.15, 0.2) is 23.8 Å². The number of nitrogens with one attached hydrogen (secondary N) is 1. The Labute approximate surface area is 113 Å². The number of anilines is 2. The SMILES string of the molecule is CNc1cc(Cl)cnc1C(=O)N(C)c1nccs1. The summed E-state index contributed by atoms with van der Waals surface area (Å²) in [5.74, 6) is -0.231. The average molecular weight is 283 g/mol. The maximum atomic E-state index is 12.3. The van der Waals surface area contributed by atoms with E-state index >= 15 is 0 Å². The number of nitrogens with zero attached hydrogens (tertiary/aromatic N) is 3. The van der Waals surface area contributed by atoms with Crippen LogP contribution >= 0.6 is 22.9 Å². The number of amides is 1. The van der Waals surface area contributed by atoms with Gasteiger partial charge in [0.05, 0.1) is 10.7 Å². The lowest BCUT2D eigenvalue weighted by Crippen LogP contribution is -2.27. The number of aromatic nitrogens is 2. The Morgan fingerprint density at radius 3 is 2.89 bits per heavy atom. The summed E-state index contributed by atoms with van der Waals surface area (Å²) in [6.45, 7) is 0. The fourth-order valence-corrected chi connectivity index (χ4v) is 2.19. The summed E-state index contributed by atoms with van der Waals surface area (Å²) in [5, 5.41) is 5.82. The molecule has 0 aliphatic rings. The van der Waals surface area contributed by atoms with E-state index in [0.717, 1.165) is 0 Å². The summed E-state index contributed by atoms with van der Waals surface area (Å²) in [6.07, 6.45) is 3.10. The lowest BCUT2D eigenvalue weighted by atomic mass is 10.2. The molecule has 94 valence electrons. The van der Waals surface area contributed by atoms with E-state index in [1.165, 1.54) is 22.4 Å². The molecule has 2 heterocycles. The fraction of sp³-hybridized carbons (Fsp3) is 0.182. The molecule has 0 fully saturated rings. The Kier molecular flexibility index (Phi) is 3.78. The smallest absolute Gasteiger partial charge is 0.280 e. The highest BCUT2D eigenvalue weighted by Crippen LogP contribution is 2.22. The lowest BCUT2D eigenvalue weighted by molar-refractivity contribution is 0.0989. The Hall–Kier alpha value is -1.66. The van der Waals surface area contributed by atoms with Gasteiger partial charge < -0.3 is 5.32 Å². The Morgan fingerprint density at radius 2 is 2.28 bits per heavy atom. The van der Waals surface area contributed by atoms with Crippen LogP contribution in [0.1, 0.15) is 10.5 Å². The van der Waals surface area contributed by atoms with E-state index in [0.29, 0.717) is 21.5 Å². The van der Waals surface area contributed by atoms with Gasteiger partial charge in [-0.05, 0) is 6.07 Å². The third-order valence-corrected chi connectivity index (χ3v) is 3.39. The normalized spacial score (nSPS) is 10.2. The van der Waals surface area contributed by atoms with E-state index in [1.807, 2.05) is 5.38 Å². The second kappa shape index (κ2) is 5.32. The van der Waals surface area contributed by atoms with Crippen molar-refractivity contribution in [3.8, 4) is 0 Å². The molecular weight excluding hydrogens is 272 g/mol. The highest BCUT2D eigenvalue weighted by molar-refractivity contribution is 7.13. The molecule has 0 atom stereocenters. The number of thiazole rings is 1.